The van der Waals surface area contributed by atoms with Crippen LogP contribution in [0.25, 0.3) is 0 Å². The van der Waals surface area contributed by atoms with E-state index in [1.54, 1.807) is 24.6 Å². The van der Waals surface area contributed by atoms with Crippen LogP contribution in [-0.2, 0) is 6.54 Å². The van der Waals surface area contributed by atoms with Crippen LogP contribution in [0.15, 0.2) is 29.8 Å². The molecule has 0 aliphatic rings. The Labute approximate surface area is 138 Å². The van der Waals surface area contributed by atoms with Crippen molar-refractivity contribution in [1.82, 2.24) is 15.2 Å². The van der Waals surface area contributed by atoms with Crippen molar-refractivity contribution in [3.63, 3.8) is 0 Å². The average Bonchev–Trinajstić information content (AvgIpc) is 3.08. The summed E-state index contributed by atoms with van der Waals surface area (Å²) in [4.78, 5) is 17.9. The number of carbonyl (C=O) groups excluding carboxylic acids is 1. The molecule has 0 spiro atoms. The van der Waals surface area contributed by atoms with Crippen LogP contribution < -0.4 is 5.32 Å². The number of urea groups is 1. The second kappa shape index (κ2) is 7.70. The van der Waals surface area contributed by atoms with Crippen molar-refractivity contribution in [1.29, 1.82) is 5.26 Å². The standard InChI is InChI=1S/C16H17FN4OS/c1-11(15-19-5-6-23-15)10-21(2)16(22)20-9-13-7-12(8-18)3-4-14(13)17/h3-7,11H,9-10H2,1-2H3,(H,20,22). The Balaban J connectivity index is 1.90. The molecule has 2 amide bonds. The summed E-state index contributed by atoms with van der Waals surface area (Å²) in [5.41, 5.74) is 0.653. The number of amides is 2. The number of nitrogens with one attached hydrogen (secondary N) is 1. The molecule has 1 aromatic heterocycles. The number of thiazole rings is 1. The molecule has 0 fully saturated rings. The van der Waals surface area contributed by atoms with Crippen LogP contribution in [0.5, 0.6) is 0 Å². The molecular formula is C16H17FN4OS. The smallest absolute Gasteiger partial charge is 0.317 e. The van der Waals surface area contributed by atoms with Gasteiger partial charge in [-0.05, 0) is 18.2 Å². The number of hydrogen-bond acceptors (Lipinski definition) is 4. The van der Waals surface area contributed by atoms with Crippen molar-refractivity contribution in [3.8, 4) is 6.07 Å². The first kappa shape index (κ1) is 16.9. The van der Waals surface area contributed by atoms with Crippen molar-refractivity contribution in [3.05, 3.63) is 51.7 Å². The highest BCUT2D eigenvalue weighted by Crippen LogP contribution is 2.18. The van der Waals surface area contributed by atoms with Gasteiger partial charge in [-0.25, -0.2) is 14.2 Å². The lowest BCUT2D eigenvalue weighted by Crippen LogP contribution is -2.38. The Morgan fingerprint density at radius 1 is 1.57 bits per heavy atom. The molecule has 2 rings (SSSR count). The molecule has 1 unspecified atom stereocenters. The van der Waals surface area contributed by atoms with Gasteiger partial charge in [0.25, 0.3) is 0 Å². The van der Waals surface area contributed by atoms with E-state index in [-0.39, 0.29) is 18.5 Å². The second-order valence-electron chi connectivity index (χ2n) is 5.23. The van der Waals surface area contributed by atoms with Gasteiger partial charge in [-0.1, -0.05) is 6.92 Å². The first-order valence-corrected chi connectivity index (χ1v) is 7.96. The summed E-state index contributed by atoms with van der Waals surface area (Å²) in [7, 11) is 1.68. The van der Waals surface area contributed by atoms with E-state index in [4.69, 9.17) is 5.26 Å². The van der Waals surface area contributed by atoms with Gasteiger partial charge in [-0.2, -0.15) is 5.26 Å². The predicted octanol–water partition coefficient (Wildman–Crippen LogP) is 3.10. The SMILES string of the molecule is CC(CN(C)C(=O)NCc1cc(C#N)ccc1F)c1nccs1. The minimum Gasteiger partial charge on any atom is -0.334 e. The van der Waals surface area contributed by atoms with Gasteiger partial charge in [-0.3, -0.25) is 0 Å². The van der Waals surface area contributed by atoms with Gasteiger partial charge in [-0.15, -0.1) is 11.3 Å². The molecule has 2 aromatic rings. The highest BCUT2D eigenvalue weighted by Gasteiger charge is 2.15. The normalized spacial score (nSPS) is 11.6. The summed E-state index contributed by atoms with van der Waals surface area (Å²) in [5, 5.41) is 14.4. The third-order valence-corrected chi connectivity index (χ3v) is 4.38. The topological polar surface area (TPSA) is 69.0 Å². The number of rotatable bonds is 5. The lowest BCUT2D eigenvalue weighted by atomic mass is 10.1. The van der Waals surface area contributed by atoms with E-state index in [0.717, 1.165) is 5.01 Å². The third kappa shape index (κ3) is 4.50. The largest absolute Gasteiger partial charge is 0.334 e. The van der Waals surface area contributed by atoms with Gasteiger partial charge in [0.05, 0.1) is 16.6 Å². The number of likely N-dealkylation sites (N-methyl/N-ethyl adjacent to an activating group) is 1. The molecule has 0 saturated heterocycles. The summed E-state index contributed by atoms with van der Waals surface area (Å²) in [6.07, 6.45) is 1.74. The van der Waals surface area contributed by atoms with Crippen LogP contribution in [0.4, 0.5) is 9.18 Å². The fourth-order valence-electron chi connectivity index (χ4n) is 2.14. The van der Waals surface area contributed by atoms with Crippen LogP contribution >= 0.6 is 11.3 Å². The second-order valence-corrected chi connectivity index (χ2v) is 6.15. The van der Waals surface area contributed by atoms with Crippen molar-refractivity contribution >= 4 is 17.4 Å². The molecule has 0 aliphatic carbocycles. The number of hydrogen-bond donors (Lipinski definition) is 1. The highest BCUT2D eigenvalue weighted by molar-refractivity contribution is 7.09. The van der Waals surface area contributed by atoms with Gasteiger partial charge in [0.1, 0.15) is 5.82 Å². The van der Waals surface area contributed by atoms with E-state index >= 15 is 0 Å². The molecule has 23 heavy (non-hydrogen) atoms. The molecule has 0 saturated carbocycles. The van der Waals surface area contributed by atoms with Crippen LogP contribution in [0.2, 0.25) is 0 Å². The molecule has 1 aromatic carbocycles. The summed E-state index contributed by atoms with van der Waals surface area (Å²) in [6.45, 7) is 2.55. The van der Waals surface area contributed by atoms with Gasteiger partial charge in [0, 0.05) is 43.2 Å². The summed E-state index contributed by atoms with van der Waals surface area (Å²) in [6, 6.07) is 5.73. The number of aromatic nitrogens is 1. The van der Waals surface area contributed by atoms with Gasteiger partial charge in [0.2, 0.25) is 0 Å². The molecule has 7 heteroatoms. The van der Waals surface area contributed by atoms with E-state index in [1.807, 2.05) is 18.4 Å². The Kier molecular flexibility index (Phi) is 5.66. The zero-order chi connectivity index (χ0) is 16.8. The van der Waals surface area contributed by atoms with Crippen molar-refractivity contribution < 1.29 is 9.18 Å². The summed E-state index contributed by atoms with van der Waals surface area (Å²) in [5.74, 6) is -0.312. The van der Waals surface area contributed by atoms with E-state index in [1.165, 1.54) is 23.1 Å². The molecule has 5 nitrogen and oxygen atoms in total. The third-order valence-electron chi connectivity index (χ3n) is 3.37. The Bertz CT molecular complexity index is 711. The number of nitrogens with zero attached hydrogens (tertiary/aromatic N) is 3. The molecule has 1 N–H and O–H groups in total. The maximum absolute atomic E-state index is 13.7. The molecule has 120 valence electrons. The van der Waals surface area contributed by atoms with E-state index < -0.39 is 5.82 Å². The Morgan fingerprint density at radius 2 is 2.35 bits per heavy atom. The fourth-order valence-corrected chi connectivity index (χ4v) is 2.82. The molecule has 1 atom stereocenters. The lowest BCUT2D eigenvalue weighted by Gasteiger charge is -2.21. The Morgan fingerprint density at radius 3 is 3.00 bits per heavy atom. The number of halogens is 1. The Hall–Kier alpha value is -2.46. The van der Waals surface area contributed by atoms with Gasteiger partial charge < -0.3 is 10.2 Å². The monoisotopic (exact) mass is 332 g/mol. The molecular weight excluding hydrogens is 315 g/mol. The van der Waals surface area contributed by atoms with Crippen LogP contribution in [0.1, 0.15) is 29.0 Å². The molecule has 1 heterocycles. The fraction of sp³-hybridized carbons (Fsp3) is 0.312. The van der Waals surface area contributed by atoms with Gasteiger partial charge >= 0.3 is 6.03 Å². The quantitative estimate of drug-likeness (QED) is 0.915. The van der Waals surface area contributed by atoms with Gasteiger partial charge in [0.15, 0.2) is 0 Å². The van der Waals surface area contributed by atoms with Crippen molar-refractivity contribution in [2.24, 2.45) is 0 Å². The maximum atomic E-state index is 13.7. The van der Waals surface area contributed by atoms with E-state index in [0.29, 0.717) is 17.7 Å². The zero-order valence-electron chi connectivity index (χ0n) is 12.9. The first-order valence-electron chi connectivity index (χ1n) is 7.08. The molecule has 0 aliphatic heterocycles. The maximum Gasteiger partial charge on any atom is 0.317 e. The molecule has 0 radical (unpaired) electrons. The minimum absolute atomic E-state index is 0.0379. The van der Waals surface area contributed by atoms with Crippen LogP contribution in [-0.4, -0.2) is 29.5 Å². The minimum atomic E-state index is -0.442. The zero-order valence-corrected chi connectivity index (χ0v) is 13.7. The van der Waals surface area contributed by atoms with Crippen molar-refractivity contribution in [2.45, 2.75) is 19.4 Å². The number of benzene rings is 1. The van der Waals surface area contributed by atoms with E-state index in [2.05, 4.69) is 10.3 Å². The summed E-state index contributed by atoms with van der Waals surface area (Å²) < 4.78 is 13.7. The first-order chi connectivity index (χ1) is 11.0. The predicted molar refractivity (Wildman–Crippen MR) is 86.5 cm³/mol. The summed E-state index contributed by atoms with van der Waals surface area (Å²) >= 11 is 1.55. The van der Waals surface area contributed by atoms with E-state index in [9.17, 15) is 9.18 Å². The average molecular weight is 332 g/mol. The van der Waals surface area contributed by atoms with Crippen LogP contribution in [0, 0.1) is 17.1 Å². The van der Waals surface area contributed by atoms with Crippen LogP contribution in [0.3, 0.4) is 0 Å². The lowest BCUT2D eigenvalue weighted by molar-refractivity contribution is 0.206. The highest BCUT2D eigenvalue weighted by atomic mass is 32.1. The number of nitriles is 1. The molecule has 0 bridgehead atoms. The number of carbonyl (C=O) groups is 1. The van der Waals surface area contributed by atoms with Crippen molar-refractivity contribution in [2.75, 3.05) is 13.6 Å².